The first-order valence-corrected chi connectivity index (χ1v) is 8.12. The highest BCUT2D eigenvalue weighted by Crippen LogP contribution is 2.34. The van der Waals surface area contributed by atoms with E-state index in [0.29, 0.717) is 11.7 Å². The van der Waals surface area contributed by atoms with E-state index in [0.717, 1.165) is 17.5 Å². The number of hydrogen-bond acceptors (Lipinski definition) is 1. The molecule has 112 valence electrons. The Hall–Kier alpha value is -1.76. The lowest BCUT2D eigenvalue weighted by Gasteiger charge is -2.18. The summed E-state index contributed by atoms with van der Waals surface area (Å²) in [6.07, 6.45) is 6.07. The summed E-state index contributed by atoms with van der Waals surface area (Å²) in [4.78, 5) is 0. The van der Waals surface area contributed by atoms with Crippen molar-refractivity contribution in [2.75, 3.05) is 0 Å². The van der Waals surface area contributed by atoms with E-state index in [4.69, 9.17) is 0 Å². The fraction of sp³-hybridized carbons (Fsp3) is 0.400. The van der Waals surface area contributed by atoms with Crippen LogP contribution < -0.4 is 0 Å². The molecule has 1 heteroatoms. The minimum atomic E-state index is 0.393. The number of unbranched alkanes of at least 4 members (excludes halogenated alkanes) is 1. The van der Waals surface area contributed by atoms with Gasteiger partial charge in [0.2, 0.25) is 0 Å². The van der Waals surface area contributed by atoms with E-state index in [1.54, 1.807) is 6.07 Å². The number of phenolic OH excluding ortho intramolecular Hbond substituents is 1. The lowest BCUT2D eigenvalue weighted by Crippen LogP contribution is -2.04. The number of aromatic hydroxyl groups is 1. The summed E-state index contributed by atoms with van der Waals surface area (Å²) < 4.78 is 0. The Morgan fingerprint density at radius 3 is 2.38 bits per heavy atom. The highest BCUT2D eigenvalue weighted by Gasteiger charge is 2.14. The van der Waals surface area contributed by atoms with Crippen LogP contribution in [-0.2, 0) is 6.42 Å². The second kappa shape index (κ2) is 7.87. The Morgan fingerprint density at radius 1 is 0.952 bits per heavy atom. The van der Waals surface area contributed by atoms with Gasteiger partial charge in [0.15, 0.2) is 0 Å². The van der Waals surface area contributed by atoms with Crippen LogP contribution in [0.2, 0.25) is 0 Å². The van der Waals surface area contributed by atoms with Crippen LogP contribution in [0, 0.1) is 5.92 Å². The fourth-order valence-corrected chi connectivity index (χ4v) is 2.95. The van der Waals surface area contributed by atoms with Crippen molar-refractivity contribution >= 4 is 0 Å². The molecular formula is C20H26O. The first-order valence-electron chi connectivity index (χ1n) is 8.12. The number of benzene rings is 2. The quantitative estimate of drug-likeness (QED) is 0.678. The molecule has 0 aliphatic rings. The van der Waals surface area contributed by atoms with E-state index < -0.39 is 0 Å². The summed E-state index contributed by atoms with van der Waals surface area (Å²) >= 11 is 0. The third-order valence-corrected chi connectivity index (χ3v) is 4.24. The lowest BCUT2D eigenvalue weighted by molar-refractivity contribution is 0.446. The van der Waals surface area contributed by atoms with Crippen molar-refractivity contribution in [2.45, 2.75) is 46.0 Å². The molecule has 21 heavy (non-hydrogen) atoms. The van der Waals surface area contributed by atoms with Crippen LogP contribution in [0.3, 0.4) is 0 Å². The monoisotopic (exact) mass is 282 g/mol. The van der Waals surface area contributed by atoms with Crippen molar-refractivity contribution < 1.29 is 5.11 Å². The third-order valence-electron chi connectivity index (χ3n) is 4.24. The van der Waals surface area contributed by atoms with Crippen LogP contribution >= 0.6 is 0 Å². The maximum Gasteiger partial charge on any atom is 0.123 e. The topological polar surface area (TPSA) is 20.2 Å². The SMILES string of the molecule is CCCCC(CC)Cc1cccc(O)c1-c1ccccc1. The molecule has 2 aromatic rings. The summed E-state index contributed by atoms with van der Waals surface area (Å²) in [6, 6.07) is 16.1. The van der Waals surface area contributed by atoms with Crippen molar-refractivity contribution in [3.8, 4) is 16.9 Å². The van der Waals surface area contributed by atoms with Crippen LogP contribution in [0.5, 0.6) is 5.75 Å². The second-order valence-corrected chi connectivity index (χ2v) is 5.80. The van der Waals surface area contributed by atoms with Gasteiger partial charge in [0.1, 0.15) is 5.75 Å². The summed E-state index contributed by atoms with van der Waals surface area (Å²) in [5.74, 6) is 1.10. The van der Waals surface area contributed by atoms with Gasteiger partial charge in [0.25, 0.3) is 0 Å². The van der Waals surface area contributed by atoms with E-state index in [-0.39, 0.29) is 0 Å². The zero-order valence-electron chi connectivity index (χ0n) is 13.2. The van der Waals surface area contributed by atoms with Crippen LogP contribution in [-0.4, -0.2) is 5.11 Å². The van der Waals surface area contributed by atoms with Gasteiger partial charge in [0.05, 0.1) is 0 Å². The van der Waals surface area contributed by atoms with Crippen LogP contribution in [0.25, 0.3) is 11.1 Å². The number of rotatable bonds is 7. The van der Waals surface area contributed by atoms with Gasteiger partial charge in [-0.25, -0.2) is 0 Å². The average molecular weight is 282 g/mol. The molecule has 2 aromatic carbocycles. The summed E-state index contributed by atoms with van der Waals surface area (Å²) in [6.45, 7) is 4.52. The van der Waals surface area contributed by atoms with Gasteiger partial charge in [-0.05, 0) is 29.5 Å². The van der Waals surface area contributed by atoms with Crippen molar-refractivity contribution in [3.63, 3.8) is 0 Å². The average Bonchev–Trinajstić information content (AvgIpc) is 2.52. The Balaban J connectivity index is 2.29. The molecule has 1 nitrogen and oxygen atoms in total. The largest absolute Gasteiger partial charge is 0.507 e. The highest BCUT2D eigenvalue weighted by atomic mass is 16.3. The Bertz CT molecular complexity index is 545. The molecule has 0 saturated carbocycles. The zero-order chi connectivity index (χ0) is 15.1. The molecule has 0 amide bonds. The molecular weight excluding hydrogens is 256 g/mol. The summed E-state index contributed by atoms with van der Waals surface area (Å²) in [5, 5.41) is 10.3. The standard InChI is InChI=1S/C20H26O/c1-3-5-10-16(4-2)15-18-13-9-14-19(21)20(18)17-11-7-6-8-12-17/h6-9,11-14,16,21H,3-5,10,15H2,1-2H3. The minimum Gasteiger partial charge on any atom is -0.507 e. The number of phenols is 1. The van der Waals surface area contributed by atoms with Crippen molar-refractivity contribution in [1.29, 1.82) is 0 Å². The second-order valence-electron chi connectivity index (χ2n) is 5.80. The van der Waals surface area contributed by atoms with Gasteiger partial charge < -0.3 is 5.11 Å². The lowest BCUT2D eigenvalue weighted by atomic mass is 9.88. The molecule has 0 aliphatic heterocycles. The van der Waals surface area contributed by atoms with Crippen LogP contribution in [0.4, 0.5) is 0 Å². The van der Waals surface area contributed by atoms with Gasteiger partial charge >= 0.3 is 0 Å². The minimum absolute atomic E-state index is 0.393. The van der Waals surface area contributed by atoms with E-state index in [1.165, 1.54) is 31.2 Å². The fourth-order valence-electron chi connectivity index (χ4n) is 2.95. The maximum absolute atomic E-state index is 10.3. The van der Waals surface area contributed by atoms with E-state index in [9.17, 15) is 5.11 Å². The smallest absolute Gasteiger partial charge is 0.123 e. The summed E-state index contributed by atoms with van der Waals surface area (Å²) in [7, 11) is 0. The van der Waals surface area contributed by atoms with E-state index >= 15 is 0 Å². The molecule has 0 aromatic heterocycles. The molecule has 1 N–H and O–H groups in total. The van der Waals surface area contributed by atoms with E-state index in [1.807, 2.05) is 24.3 Å². The Labute approximate surface area is 128 Å². The van der Waals surface area contributed by atoms with Gasteiger partial charge in [-0.3, -0.25) is 0 Å². The van der Waals surface area contributed by atoms with Crippen molar-refractivity contribution in [3.05, 3.63) is 54.1 Å². The zero-order valence-corrected chi connectivity index (χ0v) is 13.2. The first kappa shape index (κ1) is 15.6. The third kappa shape index (κ3) is 4.10. The van der Waals surface area contributed by atoms with Crippen LogP contribution in [0.1, 0.15) is 45.1 Å². The first-order chi connectivity index (χ1) is 10.3. The molecule has 0 bridgehead atoms. The van der Waals surface area contributed by atoms with Gasteiger partial charge in [-0.15, -0.1) is 0 Å². The molecule has 0 fully saturated rings. The molecule has 0 spiro atoms. The normalized spacial score (nSPS) is 12.3. The van der Waals surface area contributed by atoms with Gasteiger partial charge in [-0.2, -0.15) is 0 Å². The molecule has 0 aliphatic carbocycles. The Kier molecular flexibility index (Phi) is 5.86. The maximum atomic E-state index is 10.3. The van der Waals surface area contributed by atoms with Gasteiger partial charge in [0, 0.05) is 5.56 Å². The van der Waals surface area contributed by atoms with Crippen LogP contribution in [0.15, 0.2) is 48.5 Å². The van der Waals surface area contributed by atoms with E-state index in [2.05, 4.69) is 32.0 Å². The van der Waals surface area contributed by atoms with Crippen molar-refractivity contribution in [1.82, 2.24) is 0 Å². The molecule has 0 heterocycles. The predicted octanol–water partition coefficient (Wildman–Crippen LogP) is 5.82. The molecule has 1 unspecified atom stereocenters. The molecule has 0 saturated heterocycles. The molecule has 2 rings (SSSR count). The molecule has 0 radical (unpaired) electrons. The number of hydrogen-bond donors (Lipinski definition) is 1. The Morgan fingerprint density at radius 2 is 1.71 bits per heavy atom. The van der Waals surface area contributed by atoms with Gasteiger partial charge in [-0.1, -0.05) is 82.0 Å². The predicted molar refractivity (Wildman–Crippen MR) is 90.6 cm³/mol. The highest BCUT2D eigenvalue weighted by molar-refractivity contribution is 5.73. The summed E-state index contributed by atoms with van der Waals surface area (Å²) in [5.41, 5.74) is 3.38. The van der Waals surface area contributed by atoms with Crippen molar-refractivity contribution in [2.24, 2.45) is 5.92 Å². The molecule has 1 atom stereocenters.